The summed E-state index contributed by atoms with van der Waals surface area (Å²) in [5, 5.41) is 0. The van der Waals surface area contributed by atoms with Gasteiger partial charge in [-0.2, -0.15) is 0 Å². The minimum atomic E-state index is -0.252. The van der Waals surface area contributed by atoms with Gasteiger partial charge in [-0.05, 0) is 24.2 Å². The third-order valence-corrected chi connectivity index (χ3v) is 2.49. The summed E-state index contributed by atoms with van der Waals surface area (Å²) in [5.74, 6) is 0.488. The van der Waals surface area contributed by atoms with Crippen LogP contribution in [0.2, 0.25) is 0 Å². The number of hydrogen-bond donors (Lipinski definition) is 1. The minimum absolute atomic E-state index is 0.0254. The number of rotatable bonds is 5. The third kappa shape index (κ3) is 3.24. The lowest BCUT2D eigenvalue weighted by molar-refractivity contribution is -0.141. The average molecular weight is 223 g/mol. The van der Waals surface area contributed by atoms with Gasteiger partial charge >= 0.3 is 5.97 Å². The fraction of sp³-hybridized carbons (Fsp3) is 0.417. The number of carbonyl (C=O) groups is 1. The molecular formula is C12H17NO3. The summed E-state index contributed by atoms with van der Waals surface area (Å²) >= 11 is 0. The van der Waals surface area contributed by atoms with Crippen molar-refractivity contribution in [2.24, 2.45) is 5.73 Å². The van der Waals surface area contributed by atoms with Crippen LogP contribution in [0.5, 0.6) is 5.75 Å². The molecule has 1 aromatic carbocycles. The largest absolute Gasteiger partial charge is 0.497 e. The Balaban J connectivity index is 2.81. The first-order chi connectivity index (χ1) is 7.71. The molecule has 0 radical (unpaired) electrons. The topological polar surface area (TPSA) is 61.5 Å². The van der Waals surface area contributed by atoms with Crippen molar-refractivity contribution in [3.63, 3.8) is 0 Å². The van der Waals surface area contributed by atoms with Crippen molar-refractivity contribution in [2.75, 3.05) is 20.8 Å². The monoisotopic (exact) mass is 223 g/mol. The Morgan fingerprint density at radius 2 is 2.19 bits per heavy atom. The van der Waals surface area contributed by atoms with Gasteiger partial charge < -0.3 is 15.2 Å². The highest BCUT2D eigenvalue weighted by Crippen LogP contribution is 2.23. The van der Waals surface area contributed by atoms with E-state index in [0.29, 0.717) is 13.0 Å². The van der Waals surface area contributed by atoms with E-state index < -0.39 is 0 Å². The van der Waals surface area contributed by atoms with Crippen LogP contribution in [0.25, 0.3) is 0 Å². The molecule has 1 atom stereocenters. The van der Waals surface area contributed by atoms with Crippen LogP contribution < -0.4 is 10.5 Å². The molecule has 16 heavy (non-hydrogen) atoms. The molecular weight excluding hydrogens is 206 g/mol. The number of methoxy groups -OCH3 is 2. The van der Waals surface area contributed by atoms with Gasteiger partial charge in [0.15, 0.2) is 0 Å². The van der Waals surface area contributed by atoms with Crippen molar-refractivity contribution in [1.82, 2.24) is 0 Å². The molecule has 2 N–H and O–H groups in total. The summed E-state index contributed by atoms with van der Waals surface area (Å²) in [7, 11) is 2.98. The van der Waals surface area contributed by atoms with Crippen molar-refractivity contribution in [3.05, 3.63) is 29.8 Å². The van der Waals surface area contributed by atoms with Gasteiger partial charge in [-0.15, -0.1) is 0 Å². The molecule has 0 saturated carbocycles. The molecule has 0 amide bonds. The predicted molar refractivity (Wildman–Crippen MR) is 61.4 cm³/mol. The average Bonchev–Trinajstić information content (AvgIpc) is 2.35. The van der Waals surface area contributed by atoms with Gasteiger partial charge in [0, 0.05) is 5.92 Å². The number of hydrogen-bond acceptors (Lipinski definition) is 4. The van der Waals surface area contributed by atoms with Crippen LogP contribution in [0.1, 0.15) is 17.9 Å². The second kappa shape index (κ2) is 6.12. The van der Waals surface area contributed by atoms with Crippen molar-refractivity contribution in [1.29, 1.82) is 0 Å². The molecule has 88 valence electrons. The Kier molecular flexibility index (Phi) is 4.79. The zero-order valence-electron chi connectivity index (χ0n) is 9.60. The summed E-state index contributed by atoms with van der Waals surface area (Å²) in [4.78, 5) is 11.2. The van der Waals surface area contributed by atoms with E-state index in [1.165, 1.54) is 7.11 Å². The zero-order chi connectivity index (χ0) is 12.0. The van der Waals surface area contributed by atoms with E-state index in [1.807, 2.05) is 24.3 Å². The van der Waals surface area contributed by atoms with Gasteiger partial charge in [0.05, 0.1) is 20.6 Å². The summed E-state index contributed by atoms with van der Waals surface area (Å²) in [6.07, 6.45) is 0.292. The lowest BCUT2D eigenvalue weighted by Crippen LogP contribution is -2.17. The first kappa shape index (κ1) is 12.5. The first-order valence-corrected chi connectivity index (χ1v) is 5.12. The number of esters is 1. The van der Waals surface area contributed by atoms with Gasteiger partial charge in [-0.1, -0.05) is 12.1 Å². The smallest absolute Gasteiger partial charge is 0.306 e. The fourth-order valence-electron chi connectivity index (χ4n) is 1.52. The Bertz CT molecular complexity index is 352. The summed E-state index contributed by atoms with van der Waals surface area (Å²) < 4.78 is 9.76. The predicted octanol–water partition coefficient (Wildman–Crippen LogP) is 1.30. The minimum Gasteiger partial charge on any atom is -0.497 e. The lowest BCUT2D eigenvalue weighted by Gasteiger charge is -2.14. The Morgan fingerprint density at radius 1 is 1.44 bits per heavy atom. The number of ether oxygens (including phenoxy) is 2. The number of nitrogens with two attached hydrogens (primary N) is 1. The Hall–Kier alpha value is -1.55. The summed E-state index contributed by atoms with van der Waals surface area (Å²) in [6, 6.07) is 7.56. The molecule has 0 spiro atoms. The van der Waals surface area contributed by atoms with Crippen molar-refractivity contribution >= 4 is 5.97 Å². The van der Waals surface area contributed by atoms with Crippen molar-refractivity contribution in [2.45, 2.75) is 12.3 Å². The van der Waals surface area contributed by atoms with Crippen LogP contribution in [-0.4, -0.2) is 26.7 Å². The first-order valence-electron chi connectivity index (χ1n) is 5.12. The van der Waals surface area contributed by atoms with Crippen molar-refractivity contribution < 1.29 is 14.3 Å². The number of benzene rings is 1. The zero-order valence-corrected chi connectivity index (χ0v) is 9.60. The Morgan fingerprint density at radius 3 is 2.75 bits per heavy atom. The van der Waals surface area contributed by atoms with Crippen LogP contribution in [-0.2, 0) is 9.53 Å². The highest BCUT2D eigenvalue weighted by molar-refractivity contribution is 5.70. The summed E-state index contributed by atoms with van der Waals surface area (Å²) in [5.41, 5.74) is 6.64. The standard InChI is InChI=1S/C12H17NO3/c1-15-11-5-3-4-9(6-11)10(8-13)7-12(14)16-2/h3-6,10H,7-8,13H2,1-2H3/t10-/m0/s1. The van der Waals surface area contributed by atoms with Gasteiger partial charge in [-0.3, -0.25) is 4.79 Å². The van der Waals surface area contributed by atoms with E-state index in [2.05, 4.69) is 4.74 Å². The van der Waals surface area contributed by atoms with E-state index in [-0.39, 0.29) is 11.9 Å². The second-order valence-electron chi connectivity index (χ2n) is 3.49. The molecule has 0 aromatic heterocycles. The van der Waals surface area contributed by atoms with E-state index >= 15 is 0 Å². The quantitative estimate of drug-likeness (QED) is 0.764. The molecule has 0 unspecified atom stereocenters. The highest BCUT2D eigenvalue weighted by atomic mass is 16.5. The molecule has 4 nitrogen and oxygen atoms in total. The molecule has 0 aliphatic carbocycles. The highest BCUT2D eigenvalue weighted by Gasteiger charge is 2.15. The van der Waals surface area contributed by atoms with Crippen LogP contribution in [0.15, 0.2) is 24.3 Å². The van der Waals surface area contributed by atoms with E-state index in [1.54, 1.807) is 7.11 Å². The molecule has 0 fully saturated rings. The van der Waals surface area contributed by atoms with Crippen LogP contribution in [0, 0.1) is 0 Å². The molecule has 0 saturated heterocycles. The third-order valence-electron chi connectivity index (χ3n) is 2.49. The van der Waals surface area contributed by atoms with E-state index in [0.717, 1.165) is 11.3 Å². The fourth-order valence-corrected chi connectivity index (χ4v) is 1.52. The van der Waals surface area contributed by atoms with Crippen LogP contribution in [0.3, 0.4) is 0 Å². The van der Waals surface area contributed by atoms with E-state index in [4.69, 9.17) is 10.5 Å². The van der Waals surface area contributed by atoms with Crippen molar-refractivity contribution in [3.8, 4) is 5.75 Å². The SMILES string of the molecule is COC(=O)C[C@@H](CN)c1cccc(OC)c1. The van der Waals surface area contributed by atoms with Crippen LogP contribution in [0.4, 0.5) is 0 Å². The number of carbonyl (C=O) groups excluding carboxylic acids is 1. The normalized spacial score (nSPS) is 11.9. The van der Waals surface area contributed by atoms with Gasteiger partial charge in [0.2, 0.25) is 0 Å². The second-order valence-corrected chi connectivity index (χ2v) is 3.49. The maximum absolute atomic E-state index is 11.2. The van der Waals surface area contributed by atoms with Gasteiger partial charge in [-0.25, -0.2) is 0 Å². The van der Waals surface area contributed by atoms with Crippen LogP contribution >= 0.6 is 0 Å². The maximum atomic E-state index is 11.2. The molecule has 0 bridgehead atoms. The molecule has 0 aliphatic rings. The molecule has 0 aliphatic heterocycles. The summed E-state index contributed by atoms with van der Waals surface area (Å²) in [6.45, 7) is 0.405. The van der Waals surface area contributed by atoms with Gasteiger partial charge in [0.25, 0.3) is 0 Å². The lowest BCUT2D eigenvalue weighted by atomic mass is 9.96. The van der Waals surface area contributed by atoms with E-state index in [9.17, 15) is 4.79 Å². The molecule has 1 aromatic rings. The molecule has 0 heterocycles. The molecule has 1 rings (SSSR count). The molecule has 4 heteroatoms. The van der Waals surface area contributed by atoms with Gasteiger partial charge in [0.1, 0.15) is 5.75 Å². The maximum Gasteiger partial charge on any atom is 0.306 e. The Labute approximate surface area is 95.3 Å².